The van der Waals surface area contributed by atoms with Crippen molar-refractivity contribution in [2.45, 2.75) is 13.5 Å². The number of hydrogen-bond donors (Lipinski definition) is 1. The topological polar surface area (TPSA) is 70.0 Å². The fourth-order valence-electron chi connectivity index (χ4n) is 1.83. The molecule has 1 heterocycles. The van der Waals surface area contributed by atoms with Gasteiger partial charge in [0, 0.05) is 11.4 Å². The van der Waals surface area contributed by atoms with Gasteiger partial charge in [0.15, 0.2) is 11.7 Å². The van der Waals surface area contributed by atoms with Crippen LogP contribution in [0.5, 0.6) is 0 Å². The minimum absolute atomic E-state index is 0.300. The first-order valence-corrected chi connectivity index (χ1v) is 7.25. The van der Waals surface area contributed by atoms with E-state index in [1.807, 2.05) is 37.3 Å². The number of aryl methyl sites for hydroxylation is 1. The van der Waals surface area contributed by atoms with E-state index in [4.69, 9.17) is 5.26 Å². The molecule has 1 atom stereocenters. The monoisotopic (exact) mass is 298 g/mol. The van der Waals surface area contributed by atoms with Crippen LogP contribution in [0.1, 0.15) is 20.1 Å². The van der Waals surface area contributed by atoms with Gasteiger partial charge in [-0.1, -0.05) is 30.3 Å². The van der Waals surface area contributed by atoms with Crippen molar-refractivity contribution in [2.24, 2.45) is 5.92 Å². The quantitative estimate of drug-likeness (QED) is 0.681. The predicted molar refractivity (Wildman–Crippen MR) is 80.8 cm³/mol. The van der Waals surface area contributed by atoms with Crippen molar-refractivity contribution in [3.63, 3.8) is 0 Å². The second kappa shape index (κ2) is 6.82. The number of carbonyl (C=O) groups excluding carboxylic acids is 2. The van der Waals surface area contributed by atoms with E-state index >= 15 is 0 Å². The van der Waals surface area contributed by atoms with Gasteiger partial charge in [-0.25, -0.2) is 0 Å². The molecule has 0 saturated carbocycles. The van der Waals surface area contributed by atoms with E-state index in [-0.39, 0.29) is 0 Å². The number of rotatable bonds is 5. The lowest BCUT2D eigenvalue weighted by Gasteiger charge is -2.08. The molecule has 1 aromatic heterocycles. The first kappa shape index (κ1) is 14.9. The highest BCUT2D eigenvalue weighted by Crippen LogP contribution is 2.19. The normalized spacial score (nSPS) is 11.4. The van der Waals surface area contributed by atoms with E-state index in [9.17, 15) is 9.59 Å². The van der Waals surface area contributed by atoms with Crippen molar-refractivity contribution in [2.75, 3.05) is 0 Å². The molecular formula is C16H14N2O2S. The second-order valence-corrected chi connectivity index (χ2v) is 5.83. The van der Waals surface area contributed by atoms with Crippen LogP contribution >= 0.6 is 11.3 Å². The molecule has 0 fully saturated rings. The van der Waals surface area contributed by atoms with Gasteiger partial charge in [0.05, 0.1) is 10.9 Å². The van der Waals surface area contributed by atoms with E-state index in [0.717, 1.165) is 10.4 Å². The van der Waals surface area contributed by atoms with Crippen molar-refractivity contribution in [1.29, 1.82) is 5.26 Å². The first-order chi connectivity index (χ1) is 10.1. The van der Waals surface area contributed by atoms with Crippen molar-refractivity contribution < 1.29 is 9.59 Å². The predicted octanol–water partition coefficient (Wildman–Crippen LogP) is 2.70. The molecule has 5 heteroatoms. The maximum absolute atomic E-state index is 12.2. The van der Waals surface area contributed by atoms with Gasteiger partial charge in [0.2, 0.25) is 5.91 Å². The molecule has 0 aliphatic rings. The second-order valence-electron chi connectivity index (χ2n) is 4.54. The number of ketones is 1. The highest BCUT2D eigenvalue weighted by molar-refractivity contribution is 7.14. The molecule has 0 saturated heterocycles. The van der Waals surface area contributed by atoms with Crippen LogP contribution in [0.3, 0.4) is 0 Å². The lowest BCUT2D eigenvalue weighted by Crippen LogP contribution is -2.34. The molecular weight excluding hydrogens is 284 g/mol. The van der Waals surface area contributed by atoms with Gasteiger partial charge >= 0.3 is 0 Å². The van der Waals surface area contributed by atoms with Crippen molar-refractivity contribution in [3.05, 3.63) is 57.8 Å². The summed E-state index contributed by atoms with van der Waals surface area (Å²) < 4.78 is 0. The Kier molecular flexibility index (Phi) is 4.85. The number of amides is 1. The van der Waals surface area contributed by atoms with Crippen LogP contribution in [0, 0.1) is 24.2 Å². The molecule has 1 amide bonds. The van der Waals surface area contributed by atoms with Gasteiger partial charge in [0.25, 0.3) is 0 Å². The van der Waals surface area contributed by atoms with Crippen molar-refractivity contribution in [3.8, 4) is 6.07 Å². The average molecular weight is 298 g/mol. The smallest absolute Gasteiger partial charge is 0.245 e. The Bertz CT molecular complexity index is 686. The van der Waals surface area contributed by atoms with E-state index in [1.54, 1.807) is 18.2 Å². The SMILES string of the molecule is Cc1ccc(C(=O)[C@H](C#N)C(=O)NCc2ccccc2)s1. The van der Waals surface area contributed by atoms with Gasteiger partial charge in [-0.3, -0.25) is 9.59 Å². The summed E-state index contributed by atoms with van der Waals surface area (Å²) in [4.78, 5) is 25.6. The molecule has 2 rings (SSSR count). The number of Topliss-reactive ketones (excluding diaryl/α,β-unsaturated/α-hetero) is 1. The van der Waals surface area contributed by atoms with Gasteiger partial charge < -0.3 is 5.32 Å². The third-order valence-corrected chi connectivity index (χ3v) is 3.96. The van der Waals surface area contributed by atoms with Gasteiger partial charge in [-0.15, -0.1) is 11.3 Å². The zero-order valence-corrected chi connectivity index (χ0v) is 12.3. The average Bonchev–Trinajstić information content (AvgIpc) is 2.93. The zero-order valence-electron chi connectivity index (χ0n) is 11.5. The molecule has 1 N–H and O–H groups in total. The Morgan fingerprint density at radius 1 is 1.24 bits per heavy atom. The Hall–Kier alpha value is -2.45. The van der Waals surface area contributed by atoms with Crippen LogP contribution in [0.25, 0.3) is 0 Å². The number of benzene rings is 1. The van der Waals surface area contributed by atoms with Crippen LogP contribution in [0.4, 0.5) is 0 Å². The molecule has 0 aliphatic heterocycles. The summed E-state index contributed by atoms with van der Waals surface area (Å²) in [5, 5.41) is 11.7. The summed E-state index contributed by atoms with van der Waals surface area (Å²) in [6.07, 6.45) is 0. The maximum atomic E-state index is 12.2. The van der Waals surface area contributed by atoms with Crippen LogP contribution in [-0.2, 0) is 11.3 Å². The Labute approximate surface area is 127 Å². The molecule has 0 spiro atoms. The first-order valence-electron chi connectivity index (χ1n) is 6.43. The third kappa shape index (κ3) is 3.77. The van der Waals surface area contributed by atoms with E-state index < -0.39 is 17.6 Å². The highest BCUT2D eigenvalue weighted by atomic mass is 32.1. The summed E-state index contributed by atoms with van der Waals surface area (Å²) >= 11 is 1.29. The summed E-state index contributed by atoms with van der Waals surface area (Å²) in [6, 6.07) is 14.6. The Morgan fingerprint density at radius 3 is 2.52 bits per heavy atom. The lowest BCUT2D eigenvalue weighted by molar-refractivity contribution is -0.122. The molecule has 0 bridgehead atoms. The fraction of sp³-hybridized carbons (Fsp3) is 0.188. The van der Waals surface area contributed by atoms with E-state index in [0.29, 0.717) is 11.4 Å². The summed E-state index contributed by atoms with van der Waals surface area (Å²) in [7, 11) is 0. The van der Waals surface area contributed by atoms with Gasteiger partial charge in [-0.05, 0) is 24.6 Å². The zero-order chi connectivity index (χ0) is 15.2. The van der Waals surface area contributed by atoms with E-state index in [1.165, 1.54) is 11.3 Å². The summed E-state index contributed by atoms with van der Waals surface area (Å²) in [5.41, 5.74) is 0.918. The molecule has 0 unspecified atom stereocenters. The molecule has 1 aromatic carbocycles. The minimum Gasteiger partial charge on any atom is -0.350 e. The lowest BCUT2D eigenvalue weighted by atomic mass is 10.0. The summed E-state index contributed by atoms with van der Waals surface area (Å²) in [6.45, 7) is 2.17. The Morgan fingerprint density at radius 2 is 1.95 bits per heavy atom. The molecule has 21 heavy (non-hydrogen) atoms. The number of hydrogen-bond acceptors (Lipinski definition) is 4. The minimum atomic E-state index is -1.30. The molecule has 2 aromatic rings. The number of nitrogens with zero attached hydrogens (tertiary/aromatic N) is 1. The Balaban J connectivity index is 2.02. The van der Waals surface area contributed by atoms with Crippen LogP contribution in [0.2, 0.25) is 0 Å². The molecule has 0 radical (unpaired) electrons. The summed E-state index contributed by atoms with van der Waals surface area (Å²) in [5.74, 6) is -2.30. The fourth-order valence-corrected chi connectivity index (χ4v) is 2.67. The standard InChI is InChI=1S/C16H14N2O2S/c1-11-7-8-14(21-11)15(19)13(9-17)16(20)18-10-12-5-3-2-4-6-12/h2-8,13H,10H2,1H3,(H,18,20)/t13-/m0/s1. The maximum Gasteiger partial charge on any atom is 0.245 e. The number of nitriles is 1. The van der Waals surface area contributed by atoms with Crippen LogP contribution in [-0.4, -0.2) is 11.7 Å². The van der Waals surface area contributed by atoms with Gasteiger partial charge in [-0.2, -0.15) is 5.26 Å². The molecule has 106 valence electrons. The van der Waals surface area contributed by atoms with Crippen LogP contribution < -0.4 is 5.32 Å². The van der Waals surface area contributed by atoms with Crippen LogP contribution in [0.15, 0.2) is 42.5 Å². The number of carbonyl (C=O) groups is 2. The molecule has 4 nitrogen and oxygen atoms in total. The van der Waals surface area contributed by atoms with Gasteiger partial charge in [0.1, 0.15) is 0 Å². The largest absolute Gasteiger partial charge is 0.350 e. The third-order valence-electron chi connectivity index (χ3n) is 2.95. The number of nitrogens with one attached hydrogen (secondary N) is 1. The van der Waals surface area contributed by atoms with E-state index in [2.05, 4.69) is 5.32 Å². The van der Waals surface area contributed by atoms with Crippen molar-refractivity contribution in [1.82, 2.24) is 5.32 Å². The van der Waals surface area contributed by atoms with Crippen molar-refractivity contribution >= 4 is 23.0 Å². The highest BCUT2D eigenvalue weighted by Gasteiger charge is 2.28. The number of thiophene rings is 1. The molecule has 0 aliphatic carbocycles.